The van der Waals surface area contributed by atoms with Gasteiger partial charge in [0.15, 0.2) is 5.78 Å². The summed E-state index contributed by atoms with van der Waals surface area (Å²) in [6, 6.07) is 6.36. The lowest BCUT2D eigenvalue weighted by Crippen LogP contribution is -2.34. The van der Waals surface area contributed by atoms with Crippen molar-refractivity contribution in [1.82, 2.24) is 0 Å². The van der Waals surface area contributed by atoms with Crippen molar-refractivity contribution in [1.29, 1.82) is 5.26 Å². The minimum atomic E-state index is -0.432. The summed E-state index contributed by atoms with van der Waals surface area (Å²) in [7, 11) is 0. The Morgan fingerprint density at radius 1 is 1.20 bits per heavy atom. The molecule has 1 heterocycles. The number of benzene rings is 1. The van der Waals surface area contributed by atoms with Crippen molar-refractivity contribution in [2.45, 2.75) is 53.4 Å². The molecule has 3 rings (SSSR count). The number of hydrogen-bond donors (Lipinski definition) is 1. The number of carbonyl (C=O) groups excluding carboxylic acids is 1. The van der Waals surface area contributed by atoms with Gasteiger partial charge in [0, 0.05) is 18.4 Å². The number of carbonyl (C=O) groups is 1. The van der Waals surface area contributed by atoms with E-state index in [0.717, 1.165) is 22.3 Å². The van der Waals surface area contributed by atoms with Crippen LogP contribution in [0.4, 0.5) is 0 Å². The number of ketones is 1. The van der Waals surface area contributed by atoms with Crippen molar-refractivity contribution in [2.24, 2.45) is 11.1 Å². The lowest BCUT2D eigenvalue weighted by molar-refractivity contribution is -0.119. The molecule has 0 radical (unpaired) electrons. The number of hydrogen-bond acceptors (Lipinski definition) is 4. The molecule has 1 aromatic rings. The second-order valence-electron chi connectivity index (χ2n) is 8.01. The summed E-state index contributed by atoms with van der Waals surface area (Å²) in [5, 5.41) is 9.71. The van der Waals surface area contributed by atoms with Gasteiger partial charge in [-0.2, -0.15) is 5.26 Å². The van der Waals surface area contributed by atoms with Crippen LogP contribution in [0.5, 0.6) is 0 Å². The van der Waals surface area contributed by atoms with Crippen LogP contribution in [0.2, 0.25) is 0 Å². The molecule has 4 nitrogen and oxygen atoms in total. The number of allylic oxidation sites excluding steroid dienone is 3. The lowest BCUT2D eigenvalue weighted by atomic mass is 9.69. The molecule has 4 heteroatoms. The summed E-state index contributed by atoms with van der Waals surface area (Å²) in [5.41, 5.74) is 11.1. The summed E-state index contributed by atoms with van der Waals surface area (Å²) < 4.78 is 5.75. The Morgan fingerprint density at radius 3 is 2.36 bits per heavy atom. The summed E-state index contributed by atoms with van der Waals surface area (Å²) in [6.07, 6.45) is 1.10. The van der Waals surface area contributed by atoms with E-state index < -0.39 is 5.92 Å². The van der Waals surface area contributed by atoms with Crippen LogP contribution >= 0.6 is 0 Å². The van der Waals surface area contributed by atoms with E-state index in [1.807, 2.05) is 20.8 Å². The first-order valence-electron chi connectivity index (χ1n) is 8.56. The van der Waals surface area contributed by atoms with Crippen molar-refractivity contribution in [3.8, 4) is 6.07 Å². The average molecular weight is 336 g/mol. The van der Waals surface area contributed by atoms with Gasteiger partial charge in [0.2, 0.25) is 5.88 Å². The molecule has 1 aromatic carbocycles. The van der Waals surface area contributed by atoms with Crippen LogP contribution in [-0.4, -0.2) is 5.78 Å². The standard InChI is InChI=1S/C21H24N2O2/c1-11-6-12(2)17(13(3)7-11)18-14(10-22)20(23)25-16-9-21(4,5)8-15(24)19(16)18/h6-7,18H,8-9,23H2,1-5H3/t18-/m0/s1. The molecule has 25 heavy (non-hydrogen) atoms. The third-order valence-corrected chi connectivity index (χ3v) is 5.10. The first-order valence-corrected chi connectivity index (χ1v) is 8.56. The molecule has 0 saturated carbocycles. The zero-order chi connectivity index (χ0) is 18.5. The SMILES string of the molecule is Cc1cc(C)c([C@@H]2C(C#N)=C(N)OC3=C2C(=O)CC(C)(C)C3)c(C)c1. The molecule has 0 unspecified atom stereocenters. The maximum Gasteiger partial charge on any atom is 0.205 e. The first-order chi connectivity index (χ1) is 11.6. The van der Waals surface area contributed by atoms with Crippen molar-refractivity contribution < 1.29 is 9.53 Å². The Morgan fingerprint density at radius 2 is 1.80 bits per heavy atom. The fraction of sp³-hybridized carbons (Fsp3) is 0.429. The van der Waals surface area contributed by atoms with Crippen LogP contribution in [0, 0.1) is 37.5 Å². The minimum absolute atomic E-state index is 0.0517. The van der Waals surface area contributed by atoms with Crippen molar-refractivity contribution >= 4 is 5.78 Å². The number of nitrogens with two attached hydrogens (primary N) is 1. The van der Waals surface area contributed by atoms with Crippen molar-refractivity contribution in [3.05, 3.63) is 57.2 Å². The first kappa shape index (κ1) is 17.3. The average Bonchev–Trinajstić information content (AvgIpc) is 2.43. The highest BCUT2D eigenvalue weighted by Crippen LogP contribution is 2.49. The van der Waals surface area contributed by atoms with E-state index in [1.54, 1.807) is 0 Å². The maximum absolute atomic E-state index is 13.0. The molecule has 2 aliphatic rings. The normalized spacial score (nSPS) is 22.4. The summed E-state index contributed by atoms with van der Waals surface area (Å²) in [6.45, 7) is 10.2. The van der Waals surface area contributed by atoms with E-state index >= 15 is 0 Å². The molecule has 0 spiro atoms. The molecular formula is C21H24N2O2. The minimum Gasteiger partial charge on any atom is -0.444 e. The van der Waals surface area contributed by atoms with Gasteiger partial charge in [0.1, 0.15) is 17.4 Å². The Bertz CT molecular complexity index is 859. The zero-order valence-corrected chi connectivity index (χ0v) is 15.5. The van der Waals surface area contributed by atoms with Gasteiger partial charge in [0.25, 0.3) is 0 Å². The van der Waals surface area contributed by atoms with Crippen LogP contribution in [0.25, 0.3) is 0 Å². The van der Waals surface area contributed by atoms with Gasteiger partial charge in [-0.3, -0.25) is 4.79 Å². The molecule has 0 aromatic heterocycles. The molecule has 2 N–H and O–H groups in total. The number of nitriles is 1. The predicted molar refractivity (Wildman–Crippen MR) is 96.4 cm³/mol. The highest BCUT2D eigenvalue weighted by atomic mass is 16.5. The van der Waals surface area contributed by atoms with Crippen molar-refractivity contribution in [3.63, 3.8) is 0 Å². The van der Waals surface area contributed by atoms with Crippen LogP contribution in [0.1, 0.15) is 54.9 Å². The van der Waals surface area contributed by atoms with Gasteiger partial charge in [-0.15, -0.1) is 0 Å². The highest BCUT2D eigenvalue weighted by Gasteiger charge is 2.43. The zero-order valence-electron chi connectivity index (χ0n) is 15.5. The van der Waals surface area contributed by atoms with Crippen LogP contribution in [-0.2, 0) is 9.53 Å². The molecule has 0 amide bonds. The van der Waals surface area contributed by atoms with Gasteiger partial charge < -0.3 is 10.5 Å². The van der Waals surface area contributed by atoms with Gasteiger partial charge in [-0.25, -0.2) is 0 Å². The van der Waals surface area contributed by atoms with Crippen molar-refractivity contribution in [2.75, 3.05) is 0 Å². The summed E-state index contributed by atoms with van der Waals surface area (Å²) in [4.78, 5) is 13.0. The van der Waals surface area contributed by atoms with Gasteiger partial charge in [0.05, 0.1) is 5.92 Å². The van der Waals surface area contributed by atoms with Crippen LogP contribution < -0.4 is 5.73 Å². The van der Waals surface area contributed by atoms with Crippen LogP contribution in [0.15, 0.2) is 34.9 Å². The van der Waals surface area contributed by atoms with Gasteiger partial charge >= 0.3 is 0 Å². The number of ether oxygens (including phenoxy) is 1. The Labute approximate surface area is 149 Å². The maximum atomic E-state index is 13.0. The number of rotatable bonds is 1. The van der Waals surface area contributed by atoms with E-state index in [9.17, 15) is 10.1 Å². The second kappa shape index (κ2) is 5.77. The third-order valence-electron chi connectivity index (χ3n) is 5.10. The molecule has 1 atom stereocenters. The second-order valence-corrected chi connectivity index (χ2v) is 8.01. The Kier molecular flexibility index (Phi) is 3.99. The predicted octanol–water partition coefficient (Wildman–Crippen LogP) is 4.06. The molecule has 1 aliphatic heterocycles. The van der Waals surface area contributed by atoms with E-state index in [0.29, 0.717) is 29.7 Å². The van der Waals surface area contributed by atoms with Gasteiger partial charge in [-0.1, -0.05) is 31.5 Å². The largest absolute Gasteiger partial charge is 0.444 e. The quantitative estimate of drug-likeness (QED) is 0.839. The Hall–Kier alpha value is -2.54. The fourth-order valence-corrected chi connectivity index (χ4v) is 4.22. The topological polar surface area (TPSA) is 76.1 Å². The van der Waals surface area contributed by atoms with E-state index in [4.69, 9.17) is 10.5 Å². The molecular weight excluding hydrogens is 312 g/mol. The number of nitrogens with zero attached hydrogens (tertiary/aromatic N) is 1. The van der Waals surface area contributed by atoms with E-state index in [1.165, 1.54) is 0 Å². The monoisotopic (exact) mass is 336 g/mol. The van der Waals surface area contributed by atoms with Gasteiger partial charge in [-0.05, 0) is 42.9 Å². The summed E-state index contributed by atoms with van der Waals surface area (Å²) >= 11 is 0. The molecule has 0 bridgehead atoms. The number of Topliss-reactive ketones (excluding diaryl/α,β-unsaturated/α-hetero) is 1. The Balaban J connectivity index is 2.28. The molecule has 0 saturated heterocycles. The fourth-order valence-electron chi connectivity index (χ4n) is 4.22. The van der Waals surface area contributed by atoms with E-state index in [-0.39, 0.29) is 17.1 Å². The third kappa shape index (κ3) is 2.84. The van der Waals surface area contributed by atoms with Crippen LogP contribution in [0.3, 0.4) is 0 Å². The highest BCUT2D eigenvalue weighted by molar-refractivity contribution is 6.00. The smallest absolute Gasteiger partial charge is 0.205 e. The molecule has 130 valence electrons. The molecule has 0 fully saturated rings. The summed E-state index contributed by atoms with van der Waals surface area (Å²) in [5.74, 6) is 0.368. The van der Waals surface area contributed by atoms with E-state index in [2.05, 4.69) is 32.0 Å². The number of aryl methyl sites for hydroxylation is 3. The lowest BCUT2D eigenvalue weighted by Gasteiger charge is -2.38. The molecule has 1 aliphatic carbocycles.